The molecule has 3 rings (SSSR count). The van der Waals surface area contributed by atoms with Crippen LogP contribution < -0.4 is 5.73 Å². The molecular formula is C13H16ClN3O. The van der Waals surface area contributed by atoms with Gasteiger partial charge in [-0.05, 0) is 25.0 Å². The summed E-state index contributed by atoms with van der Waals surface area (Å²) in [5.74, 6) is 1.08. The number of phenols is 1. The monoisotopic (exact) mass is 265 g/mol. The van der Waals surface area contributed by atoms with E-state index in [1.165, 1.54) is 5.69 Å². The number of imidazole rings is 1. The maximum Gasteiger partial charge on any atom is 0.143 e. The van der Waals surface area contributed by atoms with Crippen LogP contribution in [0.4, 0.5) is 0 Å². The number of rotatable bonds is 1. The predicted molar refractivity (Wildman–Crippen MR) is 72.9 cm³/mol. The van der Waals surface area contributed by atoms with Crippen molar-refractivity contribution < 1.29 is 5.11 Å². The molecule has 1 aliphatic rings. The number of aromatic nitrogens is 2. The van der Waals surface area contributed by atoms with E-state index >= 15 is 0 Å². The minimum absolute atomic E-state index is 0. The van der Waals surface area contributed by atoms with Crippen molar-refractivity contribution in [2.24, 2.45) is 5.73 Å². The zero-order valence-corrected chi connectivity index (χ0v) is 10.7. The number of phenolic OH excluding ortho intramolecular Hbond substituents is 1. The lowest BCUT2D eigenvalue weighted by Crippen LogP contribution is -2.31. The van der Waals surface area contributed by atoms with Gasteiger partial charge < -0.3 is 15.4 Å². The van der Waals surface area contributed by atoms with Crippen LogP contribution >= 0.6 is 12.4 Å². The Balaban J connectivity index is 0.00000120. The third-order valence-corrected chi connectivity index (χ3v) is 3.27. The van der Waals surface area contributed by atoms with Crippen molar-refractivity contribution in [3.05, 3.63) is 36.2 Å². The molecule has 96 valence electrons. The van der Waals surface area contributed by atoms with Crippen LogP contribution in [0.25, 0.3) is 11.4 Å². The average Bonchev–Trinajstić information content (AvgIpc) is 2.72. The Morgan fingerprint density at radius 3 is 2.89 bits per heavy atom. The molecule has 0 radical (unpaired) electrons. The van der Waals surface area contributed by atoms with Gasteiger partial charge in [0.2, 0.25) is 0 Å². The summed E-state index contributed by atoms with van der Waals surface area (Å²) < 4.78 is 2.11. The van der Waals surface area contributed by atoms with Crippen LogP contribution in [0.3, 0.4) is 0 Å². The third kappa shape index (κ3) is 2.09. The molecule has 2 heterocycles. The number of benzene rings is 1. The Hall–Kier alpha value is -1.52. The lowest BCUT2D eigenvalue weighted by Gasteiger charge is -2.22. The second-order valence-corrected chi connectivity index (χ2v) is 4.50. The van der Waals surface area contributed by atoms with Gasteiger partial charge in [0.05, 0.1) is 5.56 Å². The van der Waals surface area contributed by atoms with E-state index in [1.807, 2.05) is 24.4 Å². The summed E-state index contributed by atoms with van der Waals surface area (Å²) in [6.07, 6.45) is 3.85. The van der Waals surface area contributed by atoms with Gasteiger partial charge in [-0.15, -0.1) is 12.4 Å². The molecule has 0 saturated heterocycles. The first-order valence-corrected chi connectivity index (χ1v) is 5.84. The number of hydrogen-bond donors (Lipinski definition) is 2. The van der Waals surface area contributed by atoms with E-state index < -0.39 is 0 Å². The number of nitrogens with zero attached hydrogens (tertiary/aromatic N) is 2. The Labute approximate surface area is 112 Å². The number of fused-ring (bicyclic) bond motifs is 1. The fourth-order valence-electron chi connectivity index (χ4n) is 2.35. The summed E-state index contributed by atoms with van der Waals surface area (Å²) in [5, 5.41) is 9.87. The smallest absolute Gasteiger partial charge is 0.143 e. The summed E-state index contributed by atoms with van der Waals surface area (Å²) in [5.41, 5.74) is 7.95. The van der Waals surface area contributed by atoms with E-state index in [4.69, 9.17) is 5.73 Å². The summed E-state index contributed by atoms with van der Waals surface area (Å²) in [6, 6.07) is 7.45. The van der Waals surface area contributed by atoms with Gasteiger partial charge in [-0.2, -0.15) is 0 Å². The highest BCUT2D eigenvalue weighted by atomic mass is 35.5. The fourth-order valence-corrected chi connectivity index (χ4v) is 2.35. The van der Waals surface area contributed by atoms with Crippen molar-refractivity contribution in [2.45, 2.75) is 25.4 Å². The maximum atomic E-state index is 9.87. The van der Waals surface area contributed by atoms with Crippen LogP contribution in [0.1, 0.15) is 12.1 Å². The number of nitrogens with two attached hydrogens (primary N) is 1. The van der Waals surface area contributed by atoms with Gasteiger partial charge in [0.1, 0.15) is 11.6 Å². The molecule has 1 unspecified atom stereocenters. The van der Waals surface area contributed by atoms with Gasteiger partial charge in [0.25, 0.3) is 0 Å². The number of halogens is 1. The fraction of sp³-hybridized carbons (Fsp3) is 0.308. The molecule has 4 nitrogen and oxygen atoms in total. The van der Waals surface area contributed by atoms with E-state index in [1.54, 1.807) is 6.07 Å². The SMILES string of the molecule is Cl.NC1CCc2cnc(-c3ccccc3O)n2C1. The van der Waals surface area contributed by atoms with E-state index in [2.05, 4.69) is 9.55 Å². The molecule has 1 aliphatic heterocycles. The Morgan fingerprint density at radius 2 is 2.11 bits per heavy atom. The second kappa shape index (κ2) is 5.00. The lowest BCUT2D eigenvalue weighted by atomic mass is 10.1. The molecule has 0 aliphatic carbocycles. The number of hydrogen-bond acceptors (Lipinski definition) is 3. The lowest BCUT2D eigenvalue weighted by molar-refractivity contribution is 0.458. The van der Waals surface area contributed by atoms with Crippen molar-refractivity contribution in [3.63, 3.8) is 0 Å². The molecule has 1 atom stereocenters. The zero-order valence-electron chi connectivity index (χ0n) is 9.91. The van der Waals surface area contributed by atoms with Crippen LogP contribution in [-0.4, -0.2) is 20.7 Å². The Morgan fingerprint density at radius 1 is 1.33 bits per heavy atom. The molecule has 1 aromatic heterocycles. The first kappa shape index (κ1) is 12.9. The van der Waals surface area contributed by atoms with Crippen LogP contribution in [0.2, 0.25) is 0 Å². The molecule has 0 amide bonds. The molecule has 0 bridgehead atoms. The molecule has 5 heteroatoms. The van der Waals surface area contributed by atoms with Gasteiger partial charge in [0.15, 0.2) is 0 Å². The van der Waals surface area contributed by atoms with Gasteiger partial charge in [-0.25, -0.2) is 4.98 Å². The highest BCUT2D eigenvalue weighted by molar-refractivity contribution is 5.85. The highest BCUT2D eigenvalue weighted by Gasteiger charge is 2.20. The normalized spacial score (nSPS) is 17.9. The average molecular weight is 266 g/mol. The van der Waals surface area contributed by atoms with Crippen LogP contribution in [-0.2, 0) is 13.0 Å². The highest BCUT2D eigenvalue weighted by Crippen LogP contribution is 2.30. The molecular weight excluding hydrogens is 250 g/mol. The van der Waals surface area contributed by atoms with E-state index in [-0.39, 0.29) is 24.2 Å². The van der Waals surface area contributed by atoms with Crippen LogP contribution in [0.15, 0.2) is 30.5 Å². The minimum Gasteiger partial charge on any atom is -0.507 e. The largest absolute Gasteiger partial charge is 0.507 e. The van der Waals surface area contributed by atoms with E-state index in [9.17, 15) is 5.11 Å². The van der Waals surface area contributed by atoms with Gasteiger partial charge in [0, 0.05) is 24.5 Å². The van der Waals surface area contributed by atoms with Crippen molar-refractivity contribution in [1.29, 1.82) is 0 Å². The van der Waals surface area contributed by atoms with E-state index in [0.717, 1.165) is 30.8 Å². The number of aryl methyl sites for hydroxylation is 1. The van der Waals surface area contributed by atoms with Crippen molar-refractivity contribution >= 4 is 12.4 Å². The van der Waals surface area contributed by atoms with Gasteiger partial charge >= 0.3 is 0 Å². The molecule has 2 aromatic rings. The Bertz CT molecular complexity index is 553. The van der Waals surface area contributed by atoms with Gasteiger partial charge in [-0.1, -0.05) is 12.1 Å². The zero-order chi connectivity index (χ0) is 11.8. The summed E-state index contributed by atoms with van der Waals surface area (Å²) in [4.78, 5) is 4.41. The molecule has 1 aromatic carbocycles. The molecule has 0 spiro atoms. The third-order valence-electron chi connectivity index (χ3n) is 3.27. The summed E-state index contributed by atoms with van der Waals surface area (Å²) in [7, 11) is 0. The molecule has 0 saturated carbocycles. The number of aromatic hydroxyl groups is 1. The first-order chi connectivity index (χ1) is 8.25. The topological polar surface area (TPSA) is 64.1 Å². The summed E-state index contributed by atoms with van der Waals surface area (Å²) in [6.45, 7) is 0.777. The number of para-hydroxylation sites is 1. The maximum absolute atomic E-state index is 9.87. The predicted octanol–water partition coefficient (Wildman–Crippen LogP) is 1.95. The molecule has 0 fully saturated rings. The van der Waals surface area contributed by atoms with E-state index in [0.29, 0.717) is 0 Å². The first-order valence-electron chi connectivity index (χ1n) is 5.84. The molecule has 18 heavy (non-hydrogen) atoms. The van der Waals surface area contributed by atoms with Gasteiger partial charge in [-0.3, -0.25) is 0 Å². The standard InChI is InChI=1S/C13H15N3O.ClH/c14-9-5-6-10-7-15-13(16(10)8-9)11-3-1-2-4-12(11)17;/h1-4,7,9,17H,5-6,8,14H2;1H. The second-order valence-electron chi connectivity index (χ2n) is 4.50. The van der Waals surface area contributed by atoms with Crippen LogP contribution in [0, 0.1) is 0 Å². The van der Waals surface area contributed by atoms with Crippen molar-refractivity contribution in [3.8, 4) is 17.1 Å². The molecule has 3 N–H and O–H groups in total. The van der Waals surface area contributed by atoms with Crippen molar-refractivity contribution in [2.75, 3.05) is 0 Å². The van der Waals surface area contributed by atoms with Crippen molar-refractivity contribution in [1.82, 2.24) is 9.55 Å². The van der Waals surface area contributed by atoms with Crippen LogP contribution in [0.5, 0.6) is 5.75 Å². The summed E-state index contributed by atoms with van der Waals surface area (Å²) >= 11 is 0. The quantitative estimate of drug-likeness (QED) is 0.828. The Kier molecular flexibility index (Phi) is 3.59. The minimum atomic E-state index is 0.